The van der Waals surface area contributed by atoms with E-state index in [0.717, 1.165) is 31.6 Å². The average Bonchev–Trinajstić information content (AvgIpc) is 2.37. The Morgan fingerprint density at radius 3 is 2.53 bits per heavy atom. The van der Waals surface area contributed by atoms with E-state index in [9.17, 15) is 4.39 Å². The van der Waals surface area contributed by atoms with E-state index in [4.69, 9.17) is 5.73 Å². The molecule has 0 heterocycles. The van der Waals surface area contributed by atoms with Gasteiger partial charge in [-0.3, -0.25) is 4.90 Å². The third kappa shape index (κ3) is 5.27. The van der Waals surface area contributed by atoms with Crippen molar-refractivity contribution in [1.29, 1.82) is 0 Å². The van der Waals surface area contributed by atoms with Gasteiger partial charge in [-0.2, -0.15) is 0 Å². The number of nitrogens with zero attached hydrogens (tertiary/aromatic N) is 2. The zero-order valence-corrected chi connectivity index (χ0v) is 12.3. The second-order valence-corrected chi connectivity index (χ2v) is 5.09. The third-order valence-corrected chi connectivity index (χ3v) is 3.35. The molecule has 1 aromatic rings. The maximum Gasteiger partial charge on any atom is 0.123 e. The van der Waals surface area contributed by atoms with Crippen LogP contribution in [0.25, 0.3) is 0 Å². The van der Waals surface area contributed by atoms with Gasteiger partial charge in [-0.25, -0.2) is 4.39 Å². The summed E-state index contributed by atoms with van der Waals surface area (Å²) >= 11 is 0. The summed E-state index contributed by atoms with van der Waals surface area (Å²) < 4.78 is 13.3. The zero-order valence-electron chi connectivity index (χ0n) is 12.3. The summed E-state index contributed by atoms with van der Waals surface area (Å²) in [7, 11) is 4.15. The van der Waals surface area contributed by atoms with E-state index in [-0.39, 0.29) is 11.9 Å². The lowest BCUT2D eigenvalue weighted by Gasteiger charge is -2.30. The predicted octanol–water partition coefficient (Wildman–Crippen LogP) is 2.10. The van der Waals surface area contributed by atoms with Gasteiger partial charge in [0.15, 0.2) is 0 Å². The van der Waals surface area contributed by atoms with Crippen LogP contribution in [-0.2, 0) is 0 Å². The van der Waals surface area contributed by atoms with E-state index in [1.54, 1.807) is 12.1 Å². The topological polar surface area (TPSA) is 32.5 Å². The highest BCUT2D eigenvalue weighted by Gasteiger charge is 2.17. The molecule has 1 unspecified atom stereocenters. The molecule has 108 valence electrons. The predicted molar refractivity (Wildman–Crippen MR) is 78.6 cm³/mol. The molecule has 4 heteroatoms. The van der Waals surface area contributed by atoms with Crippen LogP contribution in [0.5, 0.6) is 0 Å². The first kappa shape index (κ1) is 16.1. The molecule has 0 aliphatic carbocycles. The fourth-order valence-corrected chi connectivity index (χ4v) is 2.33. The molecule has 19 heavy (non-hydrogen) atoms. The van der Waals surface area contributed by atoms with Crippen LogP contribution >= 0.6 is 0 Å². The molecule has 0 bridgehead atoms. The lowest BCUT2D eigenvalue weighted by atomic mass is 10.0. The number of benzene rings is 1. The Bertz CT molecular complexity index is 368. The molecule has 2 N–H and O–H groups in total. The molecule has 1 aromatic carbocycles. The molecule has 0 radical (unpaired) electrons. The van der Waals surface area contributed by atoms with Crippen molar-refractivity contribution in [3.63, 3.8) is 0 Å². The summed E-state index contributed by atoms with van der Waals surface area (Å²) in [6, 6.07) is 6.87. The molecule has 0 aliphatic rings. The Labute approximate surface area is 116 Å². The summed E-state index contributed by atoms with van der Waals surface area (Å²) in [6.07, 6.45) is 1.09. The SMILES string of the molecule is CCN(CCCN(C)C)C(CN)c1cccc(F)c1. The molecule has 3 nitrogen and oxygen atoms in total. The van der Waals surface area contributed by atoms with Gasteiger partial charge in [0.25, 0.3) is 0 Å². The van der Waals surface area contributed by atoms with Crippen molar-refractivity contribution in [2.24, 2.45) is 5.73 Å². The number of hydrogen-bond donors (Lipinski definition) is 1. The second-order valence-electron chi connectivity index (χ2n) is 5.09. The Morgan fingerprint density at radius 2 is 2.00 bits per heavy atom. The van der Waals surface area contributed by atoms with E-state index in [1.807, 2.05) is 6.07 Å². The lowest BCUT2D eigenvalue weighted by molar-refractivity contribution is 0.201. The number of rotatable bonds is 8. The van der Waals surface area contributed by atoms with Gasteiger partial charge in [-0.05, 0) is 51.3 Å². The normalized spacial score (nSPS) is 13.2. The van der Waals surface area contributed by atoms with Crippen LogP contribution in [0.15, 0.2) is 24.3 Å². The summed E-state index contributed by atoms with van der Waals surface area (Å²) in [5.41, 5.74) is 6.86. The molecular formula is C15H26FN3. The minimum atomic E-state index is -0.194. The quantitative estimate of drug-likeness (QED) is 0.783. The highest BCUT2D eigenvalue weighted by Crippen LogP contribution is 2.20. The minimum Gasteiger partial charge on any atom is -0.329 e. The molecule has 1 rings (SSSR count). The number of nitrogens with two attached hydrogens (primary N) is 1. The monoisotopic (exact) mass is 267 g/mol. The van der Waals surface area contributed by atoms with Crippen molar-refractivity contribution < 1.29 is 4.39 Å². The summed E-state index contributed by atoms with van der Waals surface area (Å²) in [5.74, 6) is -0.194. The maximum atomic E-state index is 13.3. The van der Waals surface area contributed by atoms with Gasteiger partial charge in [0.2, 0.25) is 0 Å². The van der Waals surface area contributed by atoms with E-state index < -0.39 is 0 Å². The lowest BCUT2D eigenvalue weighted by Crippen LogP contribution is -2.35. The van der Waals surface area contributed by atoms with Crippen LogP contribution in [0, 0.1) is 5.82 Å². The second kappa shape index (κ2) is 8.25. The van der Waals surface area contributed by atoms with E-state index in [0.29, 0.717) is 6.54 Å². The molecule has 0 aromatic heterocycles. The van der Waals surface area contributed by atoms with Crippen LogP contribution in [0.1, 0.15) is 24.9 Å². The molecule has 0 saturated carbocycles. The van der Waals surface area contributed by atoms with Crippen molar-refractivity contribution in [2.45, 2.75) is 19.4 Å². The largest absolute Gasteiger partial charge is 0.329 e. The van der Waals surface area contributed by atoms with Crippen molar-refractivity contribution in [3.05, 3.63) is 35.6 Å². The van der Waals surface area contributed by atoms with Crippen LogP contribution in [0.2, 0.25) is 0 Å². The van der Waals surface area contributed by atoms with Gasteiger partial charge in [-0.15, -0.1) is 0 Å². The smallest absolute Gasteiger partial charge is 0.123 e. The number of likely N-dealkylation sites (N-methyl/N-ethyl adjacent to an activating group) is 1. The third-order valence-electron chi connectivity index (χ3n) is 3.35. The average molecular weight is 267 g/mol. The van der Waals surface area contributed by atoms with Crippen LogP contribution in [-0.4, -0.2) is 50.1 Å². The van der Waals surface area contributed by atoms with Gasteiger partial charge in [-0.1, -0.05) is 19.1 Å². The maximum absolute atomic E-state index is 13.3. The van der Waals surface area contributed by atoms with Gasteiger partial charge in [0, 0.05) is 19.1 Å². The van der Waals surface area contributed by atoms with E-state index in [2.05, 4.69) is 30.8 Å². The first-order valence-corrected chi connectivity index (χ1v) is 6.92. The summed E-state index contributed by atoms with van der Waals surface area (Å²) in [4.78, 5) is 4.49. The number of hydrogen-bond acceptors (Lipinski definition) is 3. The molecular weight excluding hydrogens is 241 g/mol. The zero-order chi connectivity index (χ0) is 14.3. The number of halogens is 1. The molecule has 0 fully saturated rings. The van der Waals surface area contributed by atoms with Gasteiger partial charge >= 0.3 is 0 Å². The molecule has 0 saturated heterocycles. The van der Waals surface area contributed by atoms with Crippen LogP contribution < -0.4 is 5.73 Å². The highest BCUT2D eigenvalue weighted by molar-refractivity contribution is 5.20. The van der Waals surface area contributed by atoms with Crippen LogP contribution in [0.4, 0.5) is 4.39 Å². The Balaban J connectivity index is 2.69. The molecule has 1 atom stereocenters. The van der Waals surface area contributed by atoms with Crippen LogP contribution in [0.3, 0.4) is 0 Å². The van der Waals surface area contributed by atoms with Gasteiger partial charge < -0.3 is 10.6 Å². The fraction of sp³-hybridized carbons (Fsp3) is 0.600. The van der Waals surface area contributed by atoms with Crippen molar-refractivity contribution >= 4 is 0 Å². The minimum absolute atomic E-state index is 0.0999. The summed E-state index contributed by atoms with van der Waals surface area (Å²) in [5, 5.41) is 0. The van der Waals surface area contributed by atoms with Crippen molar-refractivity contribution in [3.8, 4) is 0 Å². The molecule has 0 aliphatic heterocycles. The first-order valence-electron chi connectivity index (χ1n) is 6.92. The highest BCUT2D eigenvalue weighted by atomic mass is 19.1. The molecule has 0 amide bonds. The Morgan fingerprint density at radius 1 is 1.26 bits per heavy atom. The first-order chi connectivity index (χ1) is 9.08. The van der Waals surface area contributed by atoms with Crippen molar-refractivity contribution in [2.75, 3.05) is 40.3 Å². The Kier molecular flexibility index (Phi) is 6.99. The van der Waals surface area contributed by atoms with Gasteiger partial charge in [0.1, 0.15) is 5.82 Å². The summed E-state index contributed by atoms with van der Waals surface area (Å²) in [6.45, 7) is 5.59. The van der Waals surface area contributed by atoms with E-state index in [1.165, 1.54) is 6.07 Å². The van der Waals surface area contributed by atoms with Gasteiger partial charge in [0.05, 0.1) is 0 Å². The van der Waals surface area contributed by atoms with E-state index >= 15 is 0 Å². The molecule has 0 spiro atoms. The Hall–Kier alpha value is -0.970. The van der Waals surface area contributed by atoms with Crippen molar-refractivity contribution in [1.82, 2.24) is 9.80 Å². The fourth-order valence-electron chi connectivity index (χ4n) is 2.33. The standard InChI is InChI=1S/C15H26FN3/c1-4-19(10-6-9-18(2)3)15(12-17)13-7-5-8-14(16)11-13/h5,7-8,11,15H,4,6,9-10,12,17H2,1-3H3.